The van der Waals surface area contributed by atoms with Crippen molar-refractivity contribution in [2.75, 3.05) is 39.3 Å². The number of carbonyl (C=O) groups is 2. The van der Waals surface area contributed by atoms with E-state index in [4.69, 9.17) is 0 Å². The third-order valence-electron chi connectivity index (χ3n) is 7.36. The van der Waals surface area contributed by atoms with Crippen LogP contribution < -0.4 is 11.0 Å². The van der Waals surface area contributed by atoms with Gasteiger partial charge in [0.15, 0.2) is 11.6 Å². The Balaban J connectivity index is 1.72. The highest BCUT2D eigenvalue weighted by atomic mass is 19.2. The van der Waals surface area contributed by atoms with Crippen LogP contribution in [-0.4, -0.2) is 70.0 Å². The minimum Gasteiger partial charge on any atom is -0.341 e. The van der Waals surface area contributed by atoms with E-state index in [2.05, 4.69) is 5.32 Å². The van der Waals surface area contributed by atoms with Crippen LogP contribution in [0.15, 0.2) is 53.3 Å². The number of imidazole rings is 1. The standard InChI is InChI=1S/C28H31F2N5O3/c1-19(36)33-13-5-8-22(18-33)35-25(21-6-3-2-4-7-21)26(27(37)32-14-11-31-12-15-32)34(28(35)38)17-20-9-10-23(29)24(30)16-20/h2-4,6-7,9-10,16,22,31H,5,8,11-15,17-18H2,1H3. The Morgan fingerprint density at radius 2 is 1.71 bits per heavy atom. The summed E-state index contributed by atoms with van der Waals surface area (Å²) in [6.45, 7) is 4.62. The number of carbonyl (C=O) groups excluding carboxylic acids is 2. The van der Waals surface area contributed by atoms with E-state index >= 15 is 0 Å². The number of rotatable bonds is 5. The third kappa shape index (κ3) is 5.00. The summed E-state index contributed by atoms with van der Waals surface area (Å²) < 4.78 is 30.8. The number of benzene rings is 2. The quantitative estimate of drug-likeness (QED) is 0.558. The number of nitrogens with one attached hydrogen (secondary N) is 1. The summed E-state index contributed by atoms with van der Waals surface area (Å²) in [5, 5.41) is 3.23. The molecule has 8 nitrogen and oxygen atoms in total. The van der Waals surface area contributed by atoms with Crippen LogP contribution in [0.5, 0.6) is 0 Å². The first-order chi connectivity index (χ1) is 18.3. The van der Waals surface area contributed by atoms with Crippen molar-refractivity contribution in [1.82, 2.24) is 24.3 Å². The first-order valence-electron chi connectivity index (χ1n) is 12.9. The normalized spacial score (nSPS) is 18.0. The van der Waals surface area contributed by atoms with Gasteiger partial charge in [-0.2, -0.15) is 0 Å². The molecule has 38 heavy (non-hydrogen) atoms. The lowest BCUT2D eigenvalue weighted by Crippen LogP contribution is -2.47. The van der Waals surface area contributed by atoms with E-state index in [1.54, 1.807) is 14.4 Å². The molecule has 3 heterocycles. The second-order valence-electron chi connectivity index (χ2n) is 9.85. The van der Waals surface area contributed by atoms with Crippen molar-refractivity contribution in [3.8, 4) is 11.3 Å². The van der Waals surface area contributed by atoms with Gasteiger partial charge in [-0.25, -0.2) is 13.6 Å². The molecule has 2 aliphatic heterocycles. The van der Waals surface area contributed by atoms with Gasteiger partial charge >= 0.3 is 5.69 Å². The van der Waals surface area contributed by atoms with Gasteiger partial charge in [-0.1, -0.05) is 36.4 Å². The van der Waals surface area contributed by atoms with E-state index in [1.807, 2.05) is 30.3 Å². The minimum atomic E-state index is -1.02. The van der Waals surface area contributed by atoms with Gasteiger partial charge in [-0.3, -0.25) is 18.7 Å². The van der Waals surface area contributed by atoms with Crippen LogP contribution in [-0.2, 0) is 11.3 Å². The Labute approximate surface area is 219 Å². The molecule has 3 aromatic rings. The number of hydrogen-bond donors (Lipinski definition) is 1. The Morgan fingerprint density at radius 3 is 2.39 bits per heavy atom. The van der Waals surface area contributed by atoms with E-state index in [0.717, 1.165) is 18.6 Å². The number of amides is 2. The molecule has 200 valence electrons. The summed E-state index contributed by atoms with van der Waals surface area (Å²) in [4.78, 5) is 43.9. The maximum absolute atomic E-state index is 14.2. The smallest absolute Gasteiger partial charge is 0.329 e. The van der Waals surface area contributed by atoms with Crippen molar-refractivity contribution >= 4 is 11.8 Å². The summed E-state index contributed by atoms with van der Waals surface area (Å²) >= 11 is 0. The Morgan fingerprint density at radius 1 is 0.974 bits per heavy atom. The highest BCUT2D eigenvalue weighted by molar-refractivity contribution is 5.99. The Bertz CT molecular complexity index is 1400. The zero-order chi connectivity index (χ0) is 26.8. The Kier molecular flexibility index (Phi) is 7.42. The second kappa shape index (κ2) is 10.9. The van der Waals surface area contributed by atoms with Crippen molar-refractivity contribution in [1.29, 1.82) is 0 Å². The van der Waals surface area contributed by atoms with Crippen LogP contribution >= 0.6 is 0 Å². The van der Waals surface area contributed by atoms with Gasteiger partial charge in [-0.05, 0) is 30.5 Å². The molecule has 5 rings (SSSR count). The van der Waals surface area contributed by atoms with E-state index in [9.17, 15) is 23.2 Å². The van der Waals surface area contributed by atoms with Crippen LogP contribution in [0, 0.1) is 11.6 Å². The molecule has 0 bridgehead atoms. The van der Waals surface area contributed by atoms with Gasteiger partial charge in [0.25, 0.3) is 5.91 Å². The first kappa shape index (κ1) is 25.8. The fourth-order valence-electron chi connectivity index (χ4n) is 5.43. The molecule has 2 aliphatic rings. The van der Waals surface area contributed by atoms with Crippen molar-refractivity contribution in [2.45, 2.75) is 32.4 Å². The Hall–Kier alpha value is -3.79. The summed E-state index contributed by atoms with van der Waals surface area (Å²) in [7, 11) is 0. The zero-order valence-corrected chi connectivity index (χ0v) is 21.3. The molecule has 10 heteroatoms. The molecular weight excluding hydrogens is 492 g/mol. The summed E-state index contributed by atoms with van der Waals surface area (Å²) in [5.74, 6) is -2.35. The van der Waals surface area contributed by atoms with Gasteiger partial charge in [0.1, 0.15) is 5.69 Å². The van der Waals surface area contributed by atoms with E-state index < -0.39 is 17.3 Å². The summed E-state index contributed by atoms with van der Waals surface area (Å²) in [6.07, 6.45) is 1.39. The number of piperidine rings is 1. The number of nitrogens with zero attached hydrogens (tertiary/aromatic N) is 4. The predicted molar refractivity (Wildman–Crippen MR) is 139 cm³/mol. The molecule has 2 saturated heterocycles. The number of halogens is 2. The maximum Gasteiger partial charge on any atom is 0.329 e. The largest absolute Gasteiger partial charge is 0.341 e. The molecular formula is C28H31F2N5O3. The highest BCUT2D eigenvalue weighted by Crippen LogP contribution is 2.31. The molecule has 1 unspecified atom stereocenters. The lowest BCUT2D eigenvalue weighted by atomic mass is 10.0. The van der Waals surface area contributed by atoms with Crippen LogP contribution in [0.25, 0.3) is 11.3 Å². The number of likely N-dealkylation sites (tertiary alicyclic amines) is 1. The van der Waals surface area contributed by atoms with Gasteiger partial charge in [0, 0.05) is 51.8 Å². The van der Waals surface area contributed by atoms with Crippen LogP contribution in [0.2, 0.25) is 0 Å². The number of piperazine rings is 1. The lowest BCUT2D eigenvalue weighted by Gasteiger charge is -2.33. The van der Waals surface area contributed by atoms with E-state index in [-0.39, 0.29) is 30.1 Å². The maximum atomic E-state index is 14.2. The van der Waals surface area contributed by atoms with Crippen LogP contribution in [0.3, 0.4) is 0 Å². The fraction of sp³-hybridized carbons (Fsp3) is 0.393. The van der Waals surface area contributed by atoms with E-state index in [1.165, 1.54) is 17.6 Å². The van der Waals surface area contributed by atoms with Crippen molar-refractivity contribution < 1.29 is 18.4 Å². The SMILES string of the molecule is CC(=O)N1CCCC(n2c(-c3ccccc3)c(C(=O)N3CCNCC3)n(Cc3ccc(F)c(F)c3)c2=O)C1. The van der Waals surface area contributed by atoms with Gasteiger partial charge in [0.2, 0.25) is 5.91 Å². The summed E-state index contributed by atoms with van der Waals surface area (Å²) in [6, 6.07) is 12.4. The molecule has 1 N–H and O–H groups in total. The molecule has 0 saturated carbocycles. The molecule has 1 aromatic heterocycles. The molecule has 1 atom stereocenters. The van der Waals surface area contributed by atoms with Gasteiger partial charge in [-0.15, -0.1) is 0 Å². The monoisotopic (exact) mass is 523 g/mol. The second-order valence-corrected chi connectivity index (χ2v) is 9.85. The average Bonchev–Trinajstić information content (AvgIpc) is 3.23. The van der Waals surface area contributed by atoms with Crippen LogP contribution in [0.1, 0.15) is 41.9 Å². The molecule has 2 aromatic carbocycles. The predicted octanol–water partition coefficient (Wildman–Crippen LogP) is 2.87. The van der Waals surface area contributed by atoms with Gasteiger partial charge in [0.05, 0.1) is 18.3 Å². The van der Waals surface area contributed by atoms with E-state index in [0.29, 0.717) is 62.5 Å². The zero-order valence-electron chi connectivity index (χ0n) is 21.3. The topological polar surface area (TPSA) is 79.6 Å². The van der Waals surface area contributed by atoms with Crippen LogP contribution in [0.4, 0.5) is 8.78 Å². The molecule has 2 fully saturated rings. The highest BCUT2D eigenvalue weighted by Gasteiger charge is 2.34. The molecule has 0 aliphatic carbocycles. The molecule has 0 radical (unpaired) electrons. The molecule has 2 amide bonds. The minimum absolute atomic E-state index is 0.0673. The molecule has 0 spiro atoms. The summed E-state index contributed by atoms with van der Waals surface area (Å²) in [5.41, 5.74) is 1.35. The third-order valence-corrected chi connectivity index (χ3v) is 7.36. The van der Waals surface area contributed by atoms with Crippen molar-refractivity contribution in [2.24, 2.45) is 0 Å². The lowest BCUT2D eigenvalue weighted by molar-refractivity contribution is -0.130. The van der Waals surface area contributed by atoms with Crippen molar-refractivity contribution in [3.05, 3.63) is 81.9 Å². The fourth-order valence-corrected chi connectivity index (χ4v) is 5.43. The van der Waals surface area contributed by atoms with Crippen molar-refractivity contribution in [3.63, 3.8) is 0 Å². The van der Waals surface area contributed by atoms with Gasteiger partial charge < -0.3 is 15.1 Å². The first-order valence-corrected chi connectivity index (χ1v) is 12.9. The average molecular weight is 524 g/mol. The number of aromatic nitrogens is 2. The number of hydrogen-bond acceptors (Lipinski definition) is 4.